The summed E-state index contributed by atoms with van der Waals surface area (Å²) in [6, 6.07) is -0.708. The molecule has 2 aliphatic heterocycles. The predicted molar refractivity (Wildman–Crippen MR) is 79.5 cm³/mol. The summed E-state index contributed by atoms with van der Waals surface area (Å²) in [5.41, 5.74) is 0. The minimum Gasteiger partial charge on any atom is -0.378 e. The number of carbonyl (C=O) groups is 2. The molecule has 2 aliphatic rings. The number of nitrogens with one attached hydrogen (secondary N) is 1. The number of ether oxygens (including phenoxy) is 1. The van der Waals surface area contributed by atoms with Crippen LogP contribution >= 0.6 is 0 Å². The average molecular weight is 352 g/mol. The minimum atomic E-state index is -4.42. The highest BCUT2D eigenvalue weighted by molar-refractivity contribution is 5.81. The lowest BCUT2D eigenvalue weighted by Gasteiger charge is -2.40. The normalized spacial score (nSPS) is 21.5. The van der Waals surface area contributed by atoms with E-state index in [9.17, 15) is 22.8 Å². The first kappa shape index (κ1) is 18.8. The highest BCUT2D eigenvalue weighted by Crippen LogP contribution is 2.13. The van der Waals surface area contributed by atoms with E-state index in [0.717, 1.165) is 0 Å². The third-order valence-electron chi connectivity index (χ3n) is 4.26. The molecule has 0 aromatic carbocycles. The van der Waals surface area contributed by atoms with Crippen molar-refractivity contribution in [3.8, 4) is 0 Å². The van der Waals surface area contributed by atoms with Gasteiger partial charge in [-0.2, -0.15) is 13.2 Å². The Labute approximate surface area is 138 Å². The molecule has 0 saturated carbocycles. The summed E-state index contributed by atoms with van der Waals surface area (Å²) in [6.07, 6.45) is -4.42. The number of alkyl halides is 3. The standard InChI is InChI=1S/C14H23F3N4O3/c1-11(12(22)18-10-14(15,16)17)19-2-4-20(5-3-19)13(23)21-6-8-24-9-7-21/h11H,2-10H2,1H3,(H,18,22). The summed E-state index contributed by atoms with van der Waals surface area (Å²) in [5, 5.41) is 1.90. The van der Waals surface area contributed by atoms with Crippen LogP contribution in [0.1, 0.15) is 6.92 Å². The van der Waals surface area contributed by atoms with Crippen LogP contribution in [-0.4, -0.2) is 97.9 Å². The molecule has 2 rings (SSSR count). The Morgan fingerprint density at radius 1 is 1.04 bits per heavy atom. The van der Waals surface area contributed by atoms with Crippen LogP contribution in [0, 0.1) is 0 Å². The van der Waals surface area contributed by atoms with Crippen molar-refractivity contribution in [2.24, 2.45) is 0 Å². The van der Waals surface area contributed by atoms with Crippen molar-refractivity contribution < 1.29 is 27.5 Å². The van der Waals surface area contributed by atoms with Crippen molar-refractivity contribution >= 4 is 11.9 Å². The molecular weight excluding hydrogens is 329 g/mol. The van der Waals surface area contributed by atoms with Gasteiger partial charge in [-0.05, 0) is 6.92 Å². The van der Waals surface area contributed by atoms with Gasteiger partial charge in [-0.3, -0.25) is 9.69 Å². The van der Waals surface area contributed by atoms with Crippen LogP contribution in [0.5, 0.6) is 0 Å². The number of halogens is 3. The third kappa shape index (κ3) is 5.23. The van der Waals surface area contributed by atoms with Gasteiger partial charge < -0.3 is 19.9 Å². The van der Waals surface area contributed by atoms with Crippen molar-refractivity contribution in [3.05, 3.63) is 0 Å². The highest BCUT2D eigenvalue weighted by Gasteiger charge is 2.32. The first-order valence-electron chi connectivity index (χ1n) is 7.98. The van der Waals surface area contributed by atoms with Crippen molar-refractivity contribution in [1.29, 1.82) is 0 Å². The van der Waals surface area contributed by atoms with Crippen molar-refractivity contribution in [2.75, 3.05) is 59.0 Å². The van der Waals surface area contributed by atoms with Crippen LogP contribution in [-0.2, 0) is 9.53 Å². The molecule has 0 spiro atoms. The van der Waals surface area contributed by atoms with E-state index in [2.05, 4.69) is 0 Å². The number of piperazine rings is 1. The summed E-state index contributed by atoms with van der Waals surface area (Å²) in [7, 11) is 0. The largest absolute Gasteiger partial charge is 0.405 e. The fraction of sp³-hybridized carbons (Fsp3) is 0.857. The van der Waals surface area contributed by atoms with Crippen LogP contribution in [0.3, 0.4) is 0 Å². The summed E-state index contributed by atoms with van der Waals surface area (Å²) in [5.74, 6) is -0.653. The van der Waals surface area contributed by atoms with Crippen LogP contribution in [0.25, 0.3) is 0 Å². The number of nitrogens with zero attached hydrogens (tertiary/aromatic N) is 3. The number of amides is 3. The molecule has 138 valence electrons. The molecule has 10 heteroatoms. The fourth-order valence-corrected chi connectivity index (χ4v) is 2.76. The van der Waals surface area contributed by atoms with Gasteiger partial charge in [0.15, 0.2) is 0 Å². The van der Waals surface area contributed by atoms with Gasteiger partial charge in [0.25, 0.3) is 0 Å². The van der Waals surface area contributed by atoms with Crippen molar-refractivity contribution in [2.45, 2.75) is 19.1 Å². The van der Waals surface area contributed by atoms with Crippen LogP contribution in [0.15, 0.2) is 0 Å². The molecule has 3 amide bonds. The number of urea groups is 1. The molecule has 7 nitrogen and oxygen atoms in total. The Balaban J connectivity index is 1.77. The zero-order valence-electron chi connectivity index (χ0n) is 13.6. The second-order valence-corrected chi connectivity index (χ2v) is 5.91. The van der Waals surface area contributed by atoms with E-state index in [0.29, 0.717) is 52.5 Å². The van der Waals surface area contributed by atoms with Gasteiger partial charge in [0.2, 0.25) is 5.91 Å². The topological polar surface area (TPSA) is 65.1 Å². The maximum Gasteiger partial charge on any atom is 0.405 e. The molecule has 0 aromatic heterocycles. The zero-order valence-corrected chi connectivity index (χ0v) is 13.6. The van der Waals surface area contributed by atoms with E-state index in [-0.39, 0.29) is 6.03 Å². The number of morpholine rings is 1. The highest BCUT2D eigenvalue weighted by atomic mass is 19.4. The lowest BCUT2D eigenvalue weighted by atomic mass is 10.2. The monoisotopic (exact) mass is 352 g/mol. The molecule has 1 atom stereocenters. The van der Waals surface area contributed by atoms with Gasteiger partial charge >= 0.3 is 12.2 Å². The van der Waals surface area contributed by atoms with Crippen LogP contribution in [0.2, 0.25) is 0 Å². The average Bonchev–Trinajstić information content (AvgIpc) is 2.58. The second kappa shape index (κ2) is 8.02. The van der Waals surface area contributed by atoms with Crippen molar-refractivity contribution in [1.82, 2.24) is 20.0 Å². The smallest absolute Gasteiger partial charge is 0.378 e. The minimum absolute atomic E-state index is 0.0490. The molecule has 0 radical (unpaired) electrons. The zero-order chi connectivity index (χ0) is 17.7. The quantitative estimate of drug-likeness (QED) is 0.784. The van der Waals surface area contributed by atoms with E-state index < -0.39 is 24.7 Å². The lowest BCUT2D eigenvalue weighted by molar-refractivity contribution is -0.141. The fourth-order valence-electron chi connectivity index (χ4n) is 2.76. The number of rotatable bonds is 3. The number of hydrogen-bond acceptors (Lipinski definition) is 4. The Kier molecular flexibility index (Phi) is 6.27. The SMILES string of the molecule is CC(C(=O)NCC(F)(F)F)N1CCN(C(=O)N2CCOCC2)CC1. The Morgan fingerprint density at radius 3 is 2.12 bits per heavy atom. The van der Waals surface area contributed by atoms with Gasteiger partial charge in [0.05, 0.1) is 19.3 Å². The predicted octanol–water partition coefficient (Wildman–Crippen LogP) is 0.123. The Morgan fingerprint density at radius 2 is 1.58 bits per heavy atom. The van der Waals surface area contributed by atoms with Gasteiger partial charge in [-0.25, -0.2) is 4.79 Å². The van der Waals surface area contributed by atoms with Crippen molar-refractivity contribution in [3.63, 3.8) is 0 Å². The molecule has 0 bridgehead atoms. The molecular formula is C14H23F3N4O3. The molecule has 0 aromatic rings. The number of carbonyl (C=O) groups excluding carboxylic acids is 2. The van der Waals surface area contributed by atoms with E-state index in [1.807, 2.05) is 5.32 Å². The summed E-state index contributed by atoms with van der Waals surface area (Å²) < 4.78 is 41.7. The van der Waals surface area contributed by atoms with Gasteiger partial charge in [0, 0.05) is 39.3 Å². The maximum absolute atomic E-state index is 12.3. The summed E-state index contributed by atoms with van der Waals surface area (Å²) in [4.78, 5) is 29.4. The van der Waals surface area contributed by atoms with E-state index in [1.54, 1.807) is 21.6 Å². The second-order valence-electron chi connectivity index (χ2n) is 5.91. The van der Waals surface area contributed by atoms with E-state index in [1.165, 1.54) is 0 Å². The Hall–Kier alpha value is -1.55. The first-order chi connectivity index (χ1) is 11.3. The van der Waals surface area contributed by atoms with Gasteiger partial charge in [-0.1, -0.05) is 0 Å². The molecule has 2 saturated heterocycles. The molecule has 1 N–H and O–H groups in total. The number of hydrogen-bond donors (Lipinski definition) is 1. The van der Waals surface area contributed by atoms with Crippen LogP contribution < -0.4 is 5.32 Å². The van der Waals surface area contributed by atoms with Gasteiger partial charge in [0.1, 0.15) is 6.54 Å². The Bertz CT molecular complexity index is 447. The maximum atomic E-state index is 12.3. The molecule has 0 aliphatic carbocycles. The molecule has 1 unspecified atom stereocenters. The van der Waals surface area contributed by atoms with E-state index >= 15 is 0 Å². The first-order valence-corrected chi connectivity index (χ1v) is 7.98. The summed E-state index contributed by atoms with van der Waals surface area (Å²) in [6.45, 7) is 4.25. The van der Waals surface area contributed by atoms with E-state index in [4.69, 9.17) is 4.74 Å². The summed E-state index contributed by atoms with van der Waals surface area (Å²) >= 11 is 0. The molecule has 2 heterocycles. The third-order valence-corrected chi connectivity index (χ3v) is 4.26. The van der Waals surface area contributed by atoms with Gasteiger partial charge in [-0.15, -0.1) is 0 Å². The molecule has 24 heavy (non-hydrogen) atoms. The molecule has 2 fully saturated rings. The van der Waals surface area contributed by atoms with Crippen LogP contribution in [0.4, 0.5) is 18.0 Å². The lowest BCUT2D eigenvalue weighted by Crippen LogP contribution is -2.58.